The zero-order chi connectivity index (χ0) is 7.56. The lowest BCUT2D eigenvalue weighted by Gasteiger charge is -1.92. The number of aryl methyl sites for hydroxylation is 1. The molecule has 1 unspecified atom stereocenters. The van der Waals surface area contributed by atoms with Crippen molar-refractivity contribution in [1.82, 2.24) is 15.0 Å². The van der Waals surface area contributed by atoms with Crippen LogP contribution in [0.15, 0.2) is 6.20 Å². The summed E-state index contributed by atoms with van der Waals surface area (Å²) in [5.41, 5.74) is 0.837. The van der Waals surface area contributed by atoms with Gasteiger partial charge < -0.3 is 0 Å². The quantitative estimate of drug-likeness (QED) is 0.614. The second-order valence-electron chi connectivity index (χ2n) is 2.12. The molecule has 0 radical (unpaired) electrons. The lowest BCUT2D eigenvalue weighted by atomic mass is 10.4. The summed E-state index contributed by atoms with van der Waals surface area (Å²) in [6.07, 6.45) is 1.86. The van der Waals surface area contributed by atoms with Gasteiger partial charge in [-0.15, -0.1) is 16.7 Å². The van der Waals surface area contributed by atoms with Gasteiger partial charge in [-0.05, 0) is 13.8 Å². The van der Waals surface area contributed by atoms with Gasteiger partial charge in [-0.3, -0.25) is 4.68 Å². The minimum absolute atomic E-state index is 0.0414. The lowest BCUT2D eigenvalue weighted by Crippen LogP contribution is -1.93. The SMILES string of the molecule is CCn1cc(C(C)Cl)nn1. The Balaban J connectivity index is 2.78. The molecule has 0 saturated carbocycles. The number of aromatic nitrogens is 3. The van der Waals surface area contributed by atoms with E-state index in [9.17, 15) is 0 Å². The van der Waals surface area contributed by atoms with Crippen molar-refractivity contribution in [3.05, 3.63) is 11.9 Å². The molecule has 0 amide bonds. The van der Waals surface area contributed by atoms with Gasteiger partial charge in [0.25, 0.3) is 0 Å². The van der Waals surface area contributed by atoms with E-state index in [0.29, 0.717) is 0 Å². The molecule has 10 heavy (non-hydrogen) atoms. The fraction of sp³-hybridized carbons (Fsp3) is 0.667. The Morgan fingerprint density at radius 1 is 1.80 bits per heavy atom. The van der Waals surface area contributed by atoms with Gasteiger partial charge in [-0.2, -0.15) is 0 Å². The first-order chi connectivity index (χ1) is 4.74. The smallest absolute Gasteiger partial charge is 0.100 e. The zero-order valence-electron chi connectivity index (χ0n) is 6.08. The van der Waals surface area contributed by atoms with Crippen LogP contribution in [-0.4, -0.2) is 15.0 Å². The molecular formula is C6H10ClN3. The Morgan fingerprint density at radius 3 is 2.80 bits per heavy atom. The van der Waals surface area contributed by atoms with E-state index < -0.39 is 0 Å². The van der Waals surface area contributed by atoms with Crippen LogP contribution >= 0.6 is 11.6 Å². The second-order valence-corrected chi connectivity index (χ2v) is 2.77. The summed E-state index contributed by atoms with van der Waals surface area (Å²) in [7, 11) is 0. The van der Waals surface area contributed by atoms with Crippen LogP contribution in [0.3, 0.4) is 0 Å². The van der Waals surface area contributed by atoms with E-state index in [-0.39, 0.29) is 5.38 Å². The predicted molar refractivity (Wildman–Crippen MR) is 40.0 cm³/mol. The maximum atomic E-state index is 5.76. The van der Waals surface area contributed by atoms with Gasteiger partial charge in [0.05, 0.1) is 5.38 Å². The molecule has 0 aromatic carbocycles. The molecule has 1 heterocycles. The Hall–Kier alpha value is -0.570. The van der Waals surface area contributed by atoms with Crippen molar-refractivity contribution in [2.24, 2.45) is 0 Å². The fourth-order valence-electron chi connectivity index (χ4n) is 0.650. The van der Waals surface area contributed by atoms with Crippen molar-refractivity contribution in [1.29, 1.82) is 0 Å². The van der Waals surface area contributed by atoms with Gasteiger partial charge in [0.1, 0.15) is 5.69 Å². The highest BCUT2D eigenvalue weighted by molar-refractivity contribution is 6.20. The van der Waals surface area contributed by atoms with Crippen LogP contribution in [0.2, 0.25) is 0 Å². The van der Waals surface area contributed by atoms with Crippen LogP contribution in [0.1, 0.15) is 24.9 Å². The molecule has 0 N–H and O–H groups in total. The highest BCUT2D eigenvalue weighted by atomic mass is 35.5. The molecule has 4 heteroatoms. The molecule has 0 aliphatic heterocycles. The Kier molecular flexibility index (Phi) is 2.27. The van der Waals surface area contributed by atoms with E-state index in [4.69, 9.17) is 11.6 Å². The van der Waals surface area contributed by atoms with E-state index in [1.807, 2.05) is 20.0 Å². The maximum Gasteiger partial charge on any atom is 0.100 e. The van der Waals surface area contributed by atoms with Crippen LogP contribution in [0.5, 0.6) is 0 Å². The summed E-state index contributed by atoms with van der Waals surface area (Å²) in [5, 5.41) is 7.66. The normalized spacial score (nSPS) is 13.5. The number of alkyl halides is 1. The van der Waals surface area contributed by atoms with E-state index >= 15 is 0 Å². The maximum absolute atomic E-state index is 5.76. The average molecular weight is 160 g/mol. The third kappa shape index (κ3) is 1.48. The average Bonchev–Trinajstić information content (AvgIpc) is 2.34. The molecule has 0 aliphatic carbocycles. The molecule has 0 saturated heterocycles. The topological polar surface area (TPSA) is 30.7 Å². The number of nitrogens with zero attached hydrogens (tertiary/aromatic N) is 3. The van der Waals surface area contributed by atoms with Crippen molar-refractivity contribution in [2.45, 2.75) is 25.8 Å². The minimum Gasteiger partial charge on any atom is -0.253 e. The first kappa shape index (κ1) is 7.54. The van der Waals surface area contributed by atoms with Crippen molar-refractivity contribution in [3.63, 3.8) is 0 Å². The Bertz CT molecular complexity index is 207. The van der Waals surface area contributed by atoms with Gasteiger partial charge in [0.2, 0.25) is 0 Å². The molecule has 0 spiro atoms. The third-order valence-electron chi connectivity index (χ3n) is 1.29. The van der Waals surface area contributed by atoms with Gasteiger partial charge in [-0.1, -0.05) is 5.21 Å². The summed E-state index contributed by atoms with van der Waals surface area (Å²) in [6.45, 7) is 4.74. The van der Waals surface area contributed by atoms with Crippen LogP contribution in [0.25, 0.3) is 0 Å². The Morgan fingerprint density at radius 2 is 2.50 bits per heavy atom. The first-order valence-corrected chi connectivity index (χ1v) is 3.71. The van der Waals surface area contributed by atoms with Gasteiger partial charge in [0.15, 0.2) is 0 Å². The van der Waals surface area contributed by atoms with E-state index in [1.165, 1.54) is 0 Å². The molecular weight excluding hydrogens is 150 g/mol. The first-order valence-electron chi connectivity index (χ1n) is 3.28. The van der Waals surface area contributed by atoms with E-state index in [1.54, 1.807) is 4.68 Å². The number of hydrogen-bond donors (Lipinski definition) is 0. The van der Waals surface area contributed by atoms with Crippen molar-refractivity contribution < 1.29 is 0 Å². The molecule has 1 rings (SSSR count). The van der Waals surface area contributed by atoms with Crippen molar-refractivity contribution in [3.8, 4) is 0 Å². The van der Waals surface area contributed by atoms with E-state index in [2.05, 4.69) is 10.3 Å². The molecule has 1 aromatic rings. The molecule has 0 bridgehead atoms. The predicted octanol–water partition coefficient (Wildman–Crippen LogP) is 1.60. The number of halogens is 1. The third-order valence-corrected chi connectivity index (χ3v) is 1.51. The van der Waals surface area contributed by atoms with Crippen LogP contribution in [-0.2, 0) is 6.54 Å². The van der Waals surface area contributed by atoms with Crippen LogP contribution in [0.4, 0.5) is 0 Å². The standard InChI is InChI=1S/C6H10ClN3/c1-3-10-4-6(5(2)7)8-9-10/h4-5H,3H2,1-2H3. The zero-order valence-corrected chi connectivity index (χ0v) is 6.84. The molecule has 0 fully saturated rings. The molecule has 0 aliphatic rings. The summed E-state index contributed by atoms with van der Waals surface area (Å²) in [6, 6.07) is 0. The number of rotatable bonds is 2. The molecule has 1 aromatic heterocycles. The summed E-state index contributed by atoms with van der Waals surface area (Å²) < 4.78 is 1.76. The Labute approximate surface area is 65.0 Å². The molecule has 1 atom stereocenters. The van der Waals surface area contributed by atoms with Gasteiger partial charge in [-0.25, -0.2) is 0 Å². The fourth-order valence-corrected chi connectivity index (χ4v) is 0.750. The van der Waals surface area contributed by atoms with Crippen LogP contribution in [0, 0.1) is 0 Å². The highest BCUT2D eigenvalue weighted by Gasteiger charge is 2.04. The molecule has 3 nitrogen and oxygen atoms in total. The summed E-state index contributed by atoms with van der Waals surface area (Å²) in [5.74, 6) is 0. The van der Waals surface area contributed by atoms with E-state index in [0.717, 1.165) is 12.2 Å². The van der Waals surface area contributed by atoms with Crippen molar-refractivity contribution in [2.75, 3.05) is 0 Å². The van der Waals surface area contributed by atoms with Gasteiger partial charge >= 0.3 is 0 Å². The van der Waals surface area contributed by atoms with Crippen molar-refractivity contribution >= 4 is 11.6 Å². The largest absolute Gasteiger partial charge is 0.253 e. The minimum atomic E-state index is -0.0414. The van der Waals surface area contributed by atoms with Crippen LogP contribution < -0.4 is 0 Å². The molecule has 56 valence electrons. The monoisotopic (exact) mass is 159 g/mol. The highest BCUT2D eigenvalue weighted by Crippen LogP contribution is 2.14. The number of hydrogen-bond acceptors (Lipinski definition) is 2. The summed E-state index contributed by atoms with van der Waals surface area (Å²) >= 11 is 5.76. The summed E-state index contributed by atoms with van der Waals surface area (Å²) in [4.78, 5) is 0. The second kappa shape index (κ2) is 3.01. The van der Waals surface area contributed by atoms with Gasteiger partial charge in [0, 0.05) is 12.7 Å². The lowest BCUT2D eigenvalue weighted by molar-refractivity contribution is 0.626.